The lowest BCUT2D eigenvalue weighted by Crippen LogP contribution is -2.26. The molecule has 196 valence electrons. The van der Waals surface area contributed by atoms with Gasteiger partial charge in [-0.05, 0) is 74.2 Å². The van der Waals surface area contributed by atoms with Crippen LogP contribution in [-0.2, 0) is 6.54 Å². The van der Waals surface area contributed by atoms with E-state index in [-0.39, 0.29) is 5.56 Å². The van der Waals surface area contributed by atoms with E-state index in [9.17, 15) is 4.79 Å². The van der Waals surface area contributed by atoms with Crippen molar-refractivity contribution in [2.75, 3.05) is 18.4 Å². The van der Waals surface area contributed by atoms with E-state index in [0.717, 1.165) is 48.1 Å². The Kier molecular flexibility index (Phi) is 7.04. The second kappa shape index (κ2) is 10.9. The number of anilines is 2. The molecule has 0 bridgehead atoms. The molecule has 4 heterocycles. The summed E-state index contributed by atoms with van der Waals surface area (Å²) in [6.45, 7) is 4.52. The molecule has 0 aliphatic carbocycles. The highest BCUT2D eigenvalue weighted by atomic mass is 35.5. The van der Waals surface area contributed by atoms with Crippen LogP contribution in [0.15, 0.2) is 78.2 Å². The van der Waals surface area contributed by atoms with E-state index in [1.165, 1.54) is 11.9 Å². The summed E-state index contributed by atoms with van der Waals surface area (Å²) >= 11 is 6.68. The van der Waals surface area contributed by atoms with E-state index in [0.29, 0.717) is 40.2 Å². The first kappa shape index (κ1) is 25.2. The molecule has 0 unspecified atom stereocenters. The Morgan fingerprint density at radius 1 is 0.974 bits per heavy atom. The number of nitrogens with zero attached hydrogens (tertiary/aromatic N) is 5. The standard InChI is InChI=1S/C30H28ClN7O/c1-2-38-28-22(13-26(29(38)39)25-8-5-21(14-27(25)31)23-15-33-18-34-16-23)17-35-30(37-28)36-24-6-3-19(4-7-24)20-9-11-32-12-10-20/h3-8,13-18,20,32H,2,9-12H2,1H3,(H,35,36,37). The molecule has 0 atom stereocenters. The Hall–Kier alpha value is -4.14. The molecule has 0 saturated carbocycles. The lowest BCUT2D eigenvalue weighted by Gasteiger charge is -2.23. The van der Waals surface area contributed by atoms with Gasteiger partial charge < -0.3 is 10.6 Å². The third kappa shape index (κ3) is 5.13. The van der Waals surface area contributed by atoms with Crippen molar-refractivity contribution in [2.45, 2.75) is 32.2 Å². The number of halogens is 1. The molecule has 1 fully saturated rings. The largest absolute Gasteiger partial charge is 0.324 e. The van der Waals surface area contributed by atoms with E-state index >= 15 is 0 Å². The van der Waals surface area contributed by atoms with E-state index in [1.807, 2.05) is 31.2 Å². The maximum absolute atomic E-state index is 13.6. The van der Waals surface area contributed by atoms with Crippen LogP contribution < -0.4 is 16.2 Å². The number of nitrogens with one attached hydrogen (secondary N) is 2. The molecular weight excluding hydrogens is 510 g/mol. The monoisotopic (exact) mass is 537 g/mol. The highest BCUT2D eigenvalue weighted by Gasteiger charge is 2.17. The van der Waals surface area contributed by atoms with Gasteiger partial charge in [-0.2, -0.15) is 4.98 Å². The molecular formula is C30H28ClN7O. The van der Waals surface area contributed by atoms with E-state index < -0.39 is 0 Å². The van der Waals surface area contributed by atoms with Gasteiger partial charge in [0, 0.05) is 57.9 Å². The molecule has 39 heavy (non-hydrogen) atoms. The molecule has 0 amide bonds. The fraction of sp³-hybridized carbons (Fsp3) is 0.233. The summed E-state index contributed by atoms with van der Waals surface area (Å²) in [5, 5.41) is 7.94. The Bertz CT molecular complexity index is 1680. The topological polar surface area (TPSA) is 97.6 Å². The van der Waals surface area contributed by atoms with Crippen molar-refractivity contribution in [3.63, 3.8) is 0 Å². The maximum atomic E-state index is 13.6. The fourth-order valence-corrected chi connectivity index (χ4v) is 5.47. The number of piperidine rings is 1. The predicted molar refractivity (Wildman–Crippen MR) is 156 cm³/mol. The number of hydrogen-bond donors (Lipinski definition) is 2. The molecule has 8 nitrogen and oxygen atoms in total. The number of aryl methyl sites for hydroxylation is 1. The van der Waals surface area contributed by atoms with E-state index in [2.05, 4.69) is 49.9 Å². The molecule has 1 aliphatic rings. The van der Waals surface area contributed by atoms with Crippen LogP contribution >= 0.6 is 11.6 Å². The fourth-order valence-electron chi connectivity index (χ4n) is 5.19. The minimum Gasteiger partial charge on any atom is -0.324 e. The van der Waals surface area contributed by atoms with Gasteiger partial charge in [0.15, 0.2) is 0 Å². The first-order valence-electron chi connectivity index (χ1n) is 13.1. The lowest BCUT2D eigenvalue weighted by molar-refractivity contribution is 0.460. The lowest BCUT2D eigenvalue weighted by atomic mass is 9.90. The van der Waals surface area contributed by atoms with Crippen LogP contribution in [-0.4, -0.2) is 37.6 Å². The summed E-state index contributed by atoms with van der Waals surface area (Å²) < 4.78 is 1.66. The van der Waals surface area contributed by atoms with Crippen LogP contribution in [0.3, 0.4) is 0 Å². The van der Waals surface area contributed by atoms with Gasteiger partial charge in [-0.25, -0.2) is 15.0 Å². The van der Waals surface area contributed by atoms with Crippen LogP contribution in [0.1, 0.15) is 31.2 Å². The summed E-state index contributed by atoms with van der Waals surface area (Å²) in [6.07, 6.45) is 9.00. The van der Waals surface area contributed by atoms with Gasteiger partial charge in [0.05, 0.1) is 0 Å². The molecule has 2 N–H and O–H groups in total. The van der Waals surface area contributed by atoms with E-state index in [1.54, 1.807) is 23.2 Å². The van der Waals surface area contributed by atoms with Crippen molar-refractivity contribution in [3.05, 3.63) is 94.4 Å². The van der Waals surface area contributed by atoms with Crippen LogP contribution in [0.5, 0.6) is 0 Å². The average Bonchev–Trinajstić information content (AvgIpc) is 2.98. The zero-order chi connectivity index (χ0) is 26.8. The summed E-state index contributed by atoms with van der Waals surface area (Å²) in [6, 6.07) is 15.9. The molecule has 0 radical (unpaired) electrons. The van der Waals surface area contributed by atoms with Crippen LogP contribution in [0, 0.1) is 0 Å². The van der Waals surface area contributed by atoms with Gasteiger partial charge >= 0.3 is 0 Å². The number of benzene rings is 2. The van der Waals surface area contributed by atoms with Crippen molar-refractivity contribution in [3.8, 4) is 22.3 Å². The minimum absolute atomic E-state index is 0.154. The molecule has 5 aromatic rings. The van der Waals surface area contributed by atoms with Crippen molar-refractivity contribution in [1.29, 1.82) is 0 Å². The Morgan fingerprint density at radius 2 is 1.74 bits per heavy atom. The third-order valence-corrected chi connectivity index (χ3v) is 7.59. The number of fused-ring (bicyclic) bond motifs is 1. The molecule has 3 aromatic heterocycles. The van der Waals surface area contributed by atoms with Crippen molar-refractivity contribution in [2.24, 2.45) is 0 Å². The highest BCUT2D eigenvalue weighted by Crippen LogP contribution is 2.32. The first-order chi connectivity index (χ1) is 19.1. The van der Waals surface area contributed by atoms with Gasteiger partial charge in [0.1, 0.15) is 12.0 Å². The Balaban J connectivity index is 1.30. The molecule has 1 aliphatic heterocycles. The second-order valence-corrected chi connectivity index (χ2v) is 10.1. The highest BCUT2D eigenvalue weighted by molar-refractivity contribution is 6.33. The van der Waals surface area contributed by atoms with Gasteiger partial charge in [-0.3, -0.25) is 9.36 Å². The van der Waals surface area contributed by atoms with Crippen molar-refractivity contribution >= 4 is 34.3 Å². The summed E-state index contributed by atoms with van der Waals surface area (Å²) in [5.41, 5.74) is 5.57. The van der Waals surface area contributed by atoms with Gasteiger partial charge in [0.25, 0.3) is 5.56 Å². The molecule has 0 spiro atoms. The predicted octanol–water partition coefficient (Wildman–Crippen LogP) is 5.80. The Morgan fingerprint density at radius 3 is 2.46 bits per heavy atom. The molecule has 9 heteroatoms. The summed E-state index contributed by atoms with van der Waals surface area (Å²) in [7, 11) is 0. The molecule has 2 aromatic carbocycles. The maximum Gasteiger partial charge on any atom is 0.260 e. The summed E-state index contributed by atoms with van der Waals surface area (Å²) in [4.78, 5) is 31.0. The van der Waals surface area contributed by atoms with E-state index in [4.69, 9.17) is 16.6 Å². The number of pyridine rings is 1. The van der Waals surface area contributed by atoms with Gasteiger partial charge in [0.2, 0.25) is 5.95 Å². The third-order valence-electron chi connectivity index (χ3n) is 7.27. The smallest absolute Gasteiger partial charge is 0.260 e. The molecule has 1 saturated heterocycles. The number of hydrogen-bond acceptors (Lipinski definition) is 7. The van der Waals surface area contributed by atoms with Crippen molar-refractivity contribution < 1.29 is 0 Å². The number of rotatable bonds is 6. The van der Waals surface area contributed by atoms with Crippen molar-refractivity contribution in [1.82, 2.24) is 29.8 Å². The quantitative estimate of drug-likeness (QED) is 0.282. The van der Waals surface area contributed by atoms with Gasteiger partial charge in [-0.1, -0.05) is 35.9 Å². The second-order valence-electron chi connectivity index (χ2n) is 9.67. The Labute approximate surface area is 231 Å². The minimum atomic E-state index is -0.154. The zero-order valence-corrected chi connectivity index (χ0v) is 22.3. The van der Waals surface area contributed by atoms with Crippen LogP contribution in [0.2, 0.25) is 5.02 Å². The first-order valence-corrected chi connectivity index (χ1v) is 13.5. The SMILES string of the molecule is CCn1c(=O)c(-c2ccc(-c3cncnc3)cc2Cl)cc2cnc(Nc3ccc(C4CCNCC4)cc3)nc21. The molecule has 6 rings (SSSR count). The zero-order valence-electron chi connectivity index (χ0n) is 21.6. The van der Waals surface area contributed by atoms with Gasteiger partial charge in [-0.15, -0.1) is 0 Å². The normalized spacial score (nSPS) is 14.0. The number of aromatic nitrogens is 5. The van der Waals surface area contributed by atoms with Crippen LogP contribution in [0.4, 0.5) is 11.6 Å². The summed E-state index contributed by atoms with van der Waals surface area (Å²) in [5.74, 6) is 1.04. The average molecular weight is 538 g/mol. The van der Waals surface area contributed by atoms with Crippen LogP contribution in [0.25, 0.3) is 33.3 Å².